The third kappa shape index (κ3) is 7.17. The van der Waals surface area contributed by atoms with Crippen molar-refractivity contribution in [1.29, 1.82) is 0 Å². The number of ether oxygens (including phenoxy) is 1. The number of anilines is 1. The zero-order chi connectivity index (χ0) is 28.6. The van der Waals surface area contributed by atoms with Gasteiger partial charge in [-0.25, -0.2) is 9.78 Å². The molecule has 0 aliphatic carbocycles. The number of aryl methyl sites for hydroxylation is 1. The molecule has 5 rings (SSSR count). The second-order valence-electron chi connectivity index (χ2n) is 9.73. The molecule has 0 spiro atoms. The minimum Gasteiger partial charge on any atom is -0.492 e. The first kappa shape index (κ1) is 27.6. The van der Waals surface area contributed by atoms with Gasteiger partial charge in [-0.05, 0) is 48.9 Å². The fourth-order valence-electron chi connectivity index (χ4n) is 4.49. The van der Waals surface area contributed by atoms with Crippen LogP contribution in [0.25, 0.3) is 11.1 Å². The summed E-state index contributed by atoms with van der Waals surface area (Å²) in [5, 5.41) is 16.3. The fraction of sp³-hybridized carbons (Fsp3) is 0.182. The maximum atomic E-state index is 13.2. The molecule has 1 heterocycles. The van der Waals surface area contributed by atoms with Crippen LogP contribution in [0.2, 0.25) is 0 Å². The Morgan fingerprint density at radius 3 is 2.46 bits per heavy atom. The lowest BCUT2D eigenvalue weighted by Crippen LogP contribution is -2.32. The highest BCUT2D eigenvalue weighted by atomic mass is 16.5. The molecular formula is C33H31N3O5. The van der Waals surface area contributed by atoms with Gasteiger partial charge in [-0.2, -0.15) is 0 Å². The number of hydrogen-bond acceptors (Lipinski definition) is 7. The van der Waals surface area contributed by atoms with Crippen molar-refractivity contribution in [3.05, 3.63) is 125 Å². The first-order valence-corrected chi connectivity index (χ1v) is 13.4. The van der Waals surface area contributed by atoms with Gasteiger partial charge in [0.25, 0.3) is 0 Å². The van der Waals surface area contributed by atoms with E-state index in [-0.39, 0.29) is 12.2 Å². The van der Waals surface area contributed by atoms with E-state index in [2.05, 4.69) is 15.6 Å². The van der Waals surface area contributed by atoms with Gasteiger partial charge >= 0.3 is 5.97 Å². The lowest BCUT2D eigenvalue weighted by atomic mass is 9.98. The smallest absolute Gasteiger partial charge is 0.326 e. The number of oxazole rings is 1. The van der Waals surface area contributed by atoms with Crippen molar-refractivity contribution in [3.8, 4) is 5.75 Å². The quantitative estimate of drug-likeness (QED) is 0.128. The monoisotopic (exact) mass is 549 g/mol. The minimum absolute atomic E-state index is 0.161. The molecule has 0 saturated carbocycles. The summed E-state index contributed by atoms with van der Waals surface area (Å²) in [4.78, 5) is 29.8. The minimum atomic E-state index is -1.01. The Morgan fingerprint density at radius 1 is 0.951 bits per heavy atom. The van der Waals surface area contributed by atoms with Crippen LogP contribution in [-0.4, -0.2) is 41.0 Å². The Bertz CT molecular complexity index is 1600. The lowest BCUT2D eigenvalue weighted by Gasteiger charge is -2.19. The SMILES string of the molecule is Cc1ccc(NC(Cc2ccc(OCCNCc3nc4ccccc4o3)cc2)C(=O)O)c(C(=O)c2ccccc2)c1. The molecule has 3 N–H and O–H groups in total. The van der Waals surface area contributed by atoms with Crippen LogP contribution < -0.4 is 15.4 Å². The Labute approximate surface area is 238 Å². The summed E-state index contributed by atoms with van der Waals surface area (Å²) in [6.07, 6.45) is 0.231. The molecule has 0 aliphatic heterocycles. The summed E-state index contributed by atoms with van der Waals surface area (Å²) in [5.41, 5.74) is 4.82. The molecule has 8 heteroatoms. The second kappa shape index (κ2) is 12.9. The highest BCUT2D eigenvalue weighted by Gasteiger charge is 2.22. The normalized spacial score (nSPS) is 11.7. The van der Waals surface area contributed by atoms with Crippen molar-refractivity contribution < 1.29 is 23.8 Å². The van der Waals surface area contributed by atoms with Crippen molar-refractivity contribution in [2.75, 3.05) is 18.5 Å². The molecular weight excluding hydrogens is 518 g/mol. The van der Waals surface area contributed by atoms with Crippen molar-refractivity contribution >= 4 is 28.5 Å². The molecule has 1 unspecified atom stereocenters. The number of aromatic nitrogens is 1. The van der Waals surface area contributed by atoms with Crippen molar-refractivity contribution in [3.63, 3.8) is 0 Å². The van der Waals surface area contributed by atoms with Crippen LogP contribution in [0.15, 0.2) is 101 Å². The number of nitrogens with one attached hydrogen (secondary N) is 2. The summed E-state index contributed by atoms with van der Waals surface area (Å²) in [6, 6.07) is 28.4. The molecule has 1 atom stereocenters. The number of hydrogen-bond donors (Lipinski definition) is 3. The maximum absolute atomic E-state index is 13.2. The van der Waals surface area contributed by atoms with Gasteiger partial charge in [0.1, 0.15) is 23.9 Å². The van der Waals surface area contributed by atoms with E-state index in [0.29, 0.717) is 48.2 Å². The number of carbonyl (C=O) groups is 2. The van der Waals surface area contributed by atoms with Crippen molar-refractivity contribution in [2.45, 2.75) is 25.9 Å². The Morgan fingerprint density at radius 2 is 1.71 bits per heavy atom. The van der Waals surface area contributed by atoms with Crippen LogP contribution in [0.1, 0.15) is 32.9 Å². The van der Waals surface area contributed by atoms with Gasteiger partial charge in [0, 0.05) is 29.8 Å². The fourth-order valence-corrected chi connectivity index (χ4v) is 4.49. The van der Waals surface area contributed by atoms with E-state index in [1.165, 1.54) is 0 Å². The van der Waals surface area contributed by atoms with Crippen LogP contribution in [0.5, 0.6) is 5.75 Å². The molecule has 41 heavy (non-hydrogen) atoms. The number of carboxylic acid groups (broad SMARTS) is 1. The van der Waals surface area contributed by atoms with E-state index >= 15 is 0 Å². The van der Waals surface area contributed by atoms with Crippen LogP contribution in [0.3, 0.4) is 0 Å². The van der Waals surface area contributed by atoms with Crippen molar-refractivity contribution in [2.24, 2.45) is 0 Å². The molecule has 1 aromatic heterocycles. The van der Waals surface area contributed by atoms with Gasteiger partial charge in [-0.15, -0.1) is 0 Å². The third-order valence-corrected chi connectivity index (χ3v) is 6.61. The molecule has 0 saturated heterocycles. The molecule has 4 aromatic carbocycles. The number of nitrogens with zero attached hydrogens (tertiary/aromatic N) is 1. The summed E-state index contributed by atoms with van der Waals surface area (Å²) >= 11 is 0. The van der Waals surface area contributed by atoms with Crippen LogP contribution in [0, 0.1) is 6.92 Å². The number of para-hydroxylation sites is 2. The van der Waals surface area contributed by atoms with E-state index in [1.54, 1.807) is 36.4 Å². The predicted molar refractivity (Wildman–Crippen MR) is 157 cm³/mol. The number of aliphatic carboxylic acids is 1. The molecule has 208 valence electrons. The maximum Gasteiger partial charge on any atom is 0.326 e. The van der Waals surface area contributed by atoms with E-state index in [0.717, 1.165) is 22.2 Å². The van der Waals surface area contributed by atoms with Crippen LogP contribution in [0.4, 0.5) is 5.69 Å². The molecule has 0 bridgehead atoms. The lowest BCUT2D eigenvalue weighted by molar-refractivity contribution is -0.137. The molecule has 5 aromatic rings. The van der Waals surface area contributed by atoms with Gasteiger partial charge in [-0.1, -0.05) is 66.2 Å². The van der Waals surface area contributed by atoms with Gasteiger partial charge in [0.15, 0.2) is 11.4 Å². The average molecular weight is 550 g/mol. The Kier molecular flexibility index (Phi) is 8.71. The average Bonchev–Trinajstić information content (AvgIpc) is 3.41. The van der Waals surface area contributed by atoms with Gasteiger partial charge in [0.2, 0.25) is 5.89 Å². The Hall–Kier alpha value is -4.95. The summed E-state index contributed by atoms with van der Waals surface area (Å²) in [5.74, 6) is 0.144. The predicted octanol–water partition coefficient (Wildman–Crippen LogP) is 5.64. The van der Waals surface area contributed by atoms with E-state index in [1.807, 2.05) is 67.6 Å². The largest absolute Gasteiger partial charge is 0.492 e. The first-order valence-electron chi connectivity index (χ1n) is 13.4. The molecule has 8 nitrogen and oxygen atoms in total. The van der Waals surface area contributed by atoms with Crippen LogP contribution in [-0.2, 0) is 17.8 Å². The third-order valence-electron chi connectivity index (χ3n) is 6.61. The standard InChI is InChI=1S/C33H31N3O5/c1-22-11-16-27(26(19-22)32(37)24-7-3-2-4-8-24)35-29(33(38)39)20-23-12-14-25(15-13-23)40-18-17-34-21-31-36-28-9-5-6-10-30(28)41-31/h2-16,19,29,34-35H,17-18,20-21H2,1H3,(H,38,39). The number of ketones is 1. The molecule has 0 radical (unpaired) electrons. The molecule has 0 aliphatic rings. The zero-order valence-electron chi connectivity index (χ0n) is 22.7. The number of benzene rings is 4. The summed E-state index contributed by atoms with van der Waals surface area (Å²) < 4.78 is 11.5. The highest BCUT2D eigenvalue weighted by molar-refractivity contribution is 6.12. The number of carbonyl (C=O) groups excluding carboxylic acids is 1. The van der Waals surface area contributed by atoms with E-state index in [9.17, 15) is 14.7 Å². The van der Waals surface area contributed by atoms with Gasteiger partial charge in [-0.3, -0.25) is 4.79 Å². The number of carboxylic acids is 1. The molecule has 0 fully saturated rings. The van der Waals surface area contributed by atoms with Crippen LogP contribution >= 0.6 is 0 Å². The van der Waals surface area contributed by atoms with E-state index in [4.69, 9.17) is 9.15 Å². The van der Waals surface area contributed by atoms with Gasteiger partial charge in [0.05, 0.1) is 6.54 Å². The van der Waals surface area contributed by atoms with E-state index < -0.39 is 12.0 Å². The Balaban J connectivity index is 1.15. The first-order chi connectivity index (χ1) is 20.0. The summed E-state index contributed by atoms with van der Waals surface area (Å²) in [6.45, 7) is 3.45. The highest BCUT2D eigenvalue weighted by Crippen LogP contribution is 2.23. The summed E-state index contributed by atoms with van der Waals surface area (Å²) in [7, 11) is 0. The van der Waals surface area contributed by atoms with Gasteiger partial charge < -0.3 is 24.9 Å². The second-order valence-corrected chi connectivity index (χ2v) is 9.73. The molecule has 0 amide bonds. The number of rotatable bonds is 13. The topological polar surface area (TPSA) is 114 Å². The number of fused-ring (bicyclic) bond motifs is 1. The van der Waals surface area contributed by atoms with Crippen molar-refractivity contribution in [1.82, 2.24) is 10.3 Å². The zero-order valence-corrected chi connectivity index (χ0v) is 22.7.